The molecule has 0 saturated carbocycles. The van der Waals surface area contributed by atoms with Gasteiger partial charge in [0.05, 0.1) is 11.9 Å². The largest absolute Gasteiger partial charge is 0.301 e. The molecule has 0 aliphatic heterocycles. The Morgan fingerprint density at radius 2 is 2.14 bits per heavy atom. The molecule has 5 nitrogen and oxygen atoms in total. The first kappa shape index (κ1) is 13.9. The van der Waals surface area contributed by atoms with E-state index in [0.29, 0.717) is 16.2 Å². The number of para-hydroxylation sites is 1. The van der Waals surface area contributed by atoms with E-state index in [0.717, 1.165) is 23.4 Å². The van der Waals surface area contributed by atoms with Crippen LogP contribution in [0.4, 0.5) is 0 Å². The third-order valence-corrected chi connectivity index (χ3v) is 4.28. The number of benzene rings is 1. The fourth-order valence-corrected chi connectivity index (χ4v) is 2.86. The minimum atomic E-state index is -0.140. The van der Waals surface area contributed by atoms with Crippen molar-refractivity contribution in [3.05, 3.63) is 46.4 Å². The molecule has 0 spiro atoms. The van der Waals surface area contributed by atoms with E-state index < -0.39 is 0 Å². The molecular formula is C15H16N4OS. The van der Waals surface area contributed by atoms with Crippen molar-refractivity contribution in [1.29, 1.82) is 0 Å². The van der Waals surface area contributed by atoms with Gasteiger partial charge < -0.3 is 4.98 Å². The van der Waals surface area contributed by atoms with Gasteiger partial charge in [-0.15, -0.1) is 0 Å². The number of aromatic amines is 1. The van der Waals surface area contributed by atoms with E-state index in [-0.39, 0.29) is 5.56 Å². The lowest BCUT2D eigenvalue weighted by Gasteiger charge is -2.06. The molecule has 2 aromatic heterocycles. The molecule has 0 saturated heterocycles. The summed E-state index contributed by atoms with van der Waals surface area (Å²) in [6.45, 7) is 4.12. The van der Waals surface area contributed by atoms with Crippen molar-refractivity contribution < 1.29 is 0 Å². The molecule has 0 bridgehead atoms. The van der Waals surface area contributed by atoms with Gasteiger partial charge in [0.25, 0.3) is 5.56 Å². The van der Waals surface area contributed by atoms with E-state index in [9.17, 15) is 4.79 Å². The van der Waals surface area contributed by atoms with Crippen molar-refractivity contribution in [3.8, 4) is 5.69 Å². The van der Waals surface area contributed by atoms with Crippen molar-refractivity contribution in [3.63, 3.8) is 0 Å². The number of hydrogen-bond acceptors (Lipinski definition) is 4. The standard InChI is InChI=1S/C15H16N4OS/c1-3-8-21-15-17-13-11(14(20)18-15)9-16-19(13)12-7-5-4-6-10(12)2/h4-7,9H,3,8H2,1-2H3,(H,17,18,20). The number of H-pyrrole nitrogens is 1. The normalized spacial score (nSPS) is 11.1. The highest BCUT2D eigenvalue weighted by Crippen LogP contribution is 2.19. The van der Waals surface area contributed by atoms with Crippen molar-refractivity contribution in [2.75, 3.05) is 5.75 Å². The molecule has 108 valence electrons. The van der Waals surface area contributed by atoms with Crippen molar-refractivity contribution in [2.24, 2.45) is 0 Å². The van der Waals surface area contributed by atoms with Crippen LogP contribution >= 0.6 is 11.8 Å². The van der Waals surface area contributed by atoms with Gasteiger partial charge >= 0.3 is 0 Å². The van der Waals surface area contributed by atoms with Crippen LogP contribution in [-0.4, -0.2) is 25.5 Å². The second-order valence-electron chi connectivity index (χ2n) is 4.80. The SMILES string of the molecule is CCCSc1nc2c(cnn2-c2ccccc2C)c(=O)[nH]1. The minimum absolute atomic E-state index is 0.140. The monoisotopic (exact) mass is 300 g/mol. The van der Waals surface area contributed by atoms with Crippen LogP contribution < -0.4 is 5.56 Å². The number of rotatable bonds is 4. The Morgan fingerprint density at radius 1 is 1.33 bits per heavy atom. The van der Waals surface area contributed by atoms with Crippen LogP contribution in [0.5, 0.6) is 0 Å². The van der Waals surface area contributed by atoms with Gasteiger partial charge in [-0.1, -0.05) is 36.9 Å². The average molecular weight is 300 g/mol. The maximum absolute atomic E-state index is 12.1. The molecule has 0 aliphatic carbocycles. The average Bonchev–Trinajstić information content (AvgIpc) is 2.90. The molecule has 3 aromatic rings. The van der Waals surface area contributed by atoms with Crippen LogP contribution in [0.15, 0.2) is 40.4 Å². The van der Waals surface area contributed by atoms with Crippen LogP contribution in [0.25, 0.3) is 16.7 Å². The molecule has 2 heterocycles. The van der Waals surface area contributed by atoms with Gasteiger partial charge in [0.1, 0.15) is 5.39 Å². The molecule has 21 heavy (non-hydrogen) atoms. The number of thioether (sulfide) groups is 1. The maximum Gasteiger partial charge on any atom is 0.262 e. The molecule has 1 N–H and O–H groups in total. The Labute approximate surface area is 126 Å². The van der Waals surface area contributed by atoms with Crippen molar-refractivity contribution in [2.45, 2.75) is 25.4 Å². The predicted octanol–water partition coefficient (Wildman–Crippen LogP) is 2.92. The summed E-state index contributed by atoms with van der Waals surface area (Å²) in [5.74, 6) is 0.924. The lowest BCUT2D eigenvalue weighted by atomic mass is 10.2. The van der Waals surface area contributed by atoms with E-state index in [4.69, 9.17) is 0 Å². The highest BCUT2D eigenvalue weighted by Gasteiger charge is 2.12. The summed E-state index contributed by atoms with van der Waals surface area (Å²) in [4.78, 5) is 19.5. The zero-order valence-corrected chi connectivity index (χ0v) is 12.8. The zero-order chi connectivity index (χ0) is 14.8. The number of aryl methyl sites for hydroxylation is 1. The van der Waals surface area contributed by atoms with Gasteiger partial charge in [-0.25, -0.2) is 9.67 Å². The first-order valence-corrected chi connectivity index (χ1v) is 7.86. The van der Waals surface area contributed by atoms with Gasteiger partial charge in [-0.05, 0) is 25.0 Å². The van der Waals surface area contributed by atoms with Gasteiger partial charge in [0, 0.05) is 5.75 Å². The summed E-state index contributed by atoms with van der Waals surface area (Å²) < 4.78 is 1.73. The fraction of sp³-hybridized carbons (Fsp3) is 0.267. The van der Waals surface area contributed by atoms with Crippen molar-refractivity contribution >= 4 is 22.8 Å². The van der Waals surface area contributed by atoms with E-state index in [1.807, 2.05) is 31.2 Å². The molecule has 3 rings (SSSR count). The van der Waals surface area contributed by atoms with E-state index in [1.165, 1.54) is 0 Å². The van der Waals surface area contributed by atoms with Gasteiger partial charge in [0.2, 0.25) is 0 Å². The Hall–Kier alpha value is -2.08. The maximum atomic E-state index is 12.1. The quantitative estimate of drug-likeness (QED) is 0.594. The first-order valence-electron chi connectivity index (χ1n) is 6.87. The number of nitrogens with one attached hydrogen (secondary N) is 1. The molecule has 0 aliphatic rings. The van der Waals surface area contributed by atoms with E-state index >= 15 is 0 Å². The second kappa shape index (κ2) is 5.73. The number of aromatic nitrogens is 4. The summed E-state index contributed by atoms with van der Waals surface area (Å²) in [5.41, 5.74) is 2.49. The molecule has 0 radical (unpaired) electrons. The molecule has 0 fully saturated rings. The molecule has 1 aromatic carbocycles. The molecule has 0 unspecified atom stereocenters. The van der Waals surface area contributed by atoms with Crippen LogP contribution in [-0.2, 0) is 0 Å². The van der Waals surface area contributed by atoms with Crippen molar-refractivity contribution in [1.82, 2.24) is 19.7 Å². The highest BCUT2D eigenvalue weighted by molar-refractivity contribution is 7.99. The number of fused-ring (bicyclic) bond motifs is 1. The molecule has 6 heteroatoms. The second-order valence-corrected chi connectivity index (χ2v) is 5.88. The molecule has 0 amide bonds. The first-order chi connectivity index (χ1) is 10.2. The summed E-state index contributed by atoms with van der Waals surface area (Å²) >= 11 is 1.55. The lowest BCUT2D eigenvalue weighted by molar-refractivity contribution is 0.866. The lowest BCUT2D eigenvalue weighted by Crippen LogP contribution is -2.10. The van der Waals surface area contributed by atoms with Crippen LogP contribution in [0.3, 0.4) is 0 Å². The van der Waals surface area contributed by atoms with Crippen LogP contribution in [0.1, 0.15) is 18.9 Å². The molecular weight excluding hydrogens is 284 g/mol. The summed E-state index contributed by atoms with van der Waals surface area (Å²) in [6, 6.07) is 7.93. The summed E-state index contributed by atoms with van der Waals surface area (Å²) in [5, 5.41) is 5.49. The third kappa shape index (κ3) is 2.58. The Kier molecular flexibility index (Phi) is 3.79. The van der Waals surface area contributed by atoms with Gasteiger partial charge in [-0.3, -0.25) is 4.79 Å². The third-order valence-electron chi connectivity index (χ3n) is 3.20. The fourth-order valence-electron chi connectivity index (χ4n) is 2.14. The van der Waals surface area contributed by atoms with Gasteiger partial charge in [0.15, 0.2) is 10.8 Å². The zero-order valence-electron chi connectivity index (χ0n) is 12.0. The number of nitrogens with zero attached hydrogens (tertiary/aromatic N) is 3. The summed E-state index contributed by atoms with van der Waals surface area (Å²) in [7, 11) is 0. The van der Waals surface area contributed by atoms with E-state index in [1.54, 1.807) is 22.6 Å². The Bertz CT molecular complexity index is 837. The topological polar surface area (TPSA) is 63.6 Å². The molecule has 0 atom stereocenters. The smallest absolute Gasteiger partial charge is 0.262 e. The van der Waals surface area contributed by atoms with Crippen LogP contribution in [0.2, 0.25) is 0 Å². The summed E-state index contributed by atoms with van der Waals surface area (Å²) in [6.07, 6.45) is 2.60. The Morgan fingerprint density at radius 3 is 2.90 bits per heavy atom. The van der Waals surface area contributed by atoms with E-state index in [2.05, 4.69) is 22.0 Å². The highest BCUT2D eigenvalue weighted by atomic mass is 32.2. The predicted molar refractivity (Wildman–Crippen MR) is 85.2 cm³/mol. The van der Waals surface area contributed by atoms with Gasteiger partial charge in [-0.2, -0.15) is 5.10 Å². The minimum Gasteiger partial charge on any atom is -0.301 e. The van der Waals surface area contributed by atoms with Crippen LogP contribution in [0, 0.1) is 6.92 Å². The Balaban J connectivity index is 2.18. The number of hydrogen-bond donors (Lipinski definition) is 1.